The number of hydrogen-bond donors (Lipinski definition) is 2. The SMILES string of the molecule is CCOC(=O)c1cccc(-c2ccc(/C=N\NC(=O)C(O)(c3ccccc3)c3ccccc3)o2)c1. The van der Waals surface area contributed by atoms with Gasteiger partial charge in [0, 0.05) is 5.56 Å². The first-order chi connectivity index (χ1) is 17.0. The Labute approximate surface area is 202 Å². The van der Waals surface area contributed by atoms with Gasteiger partial charge in [0.25, 0.3) is 5.91 Å². The second kappa shape index (κ2) is 10.6. The summed E-state index contributed by atoms with van der Waals surface area (Å²) in [5.41, 5.74) is 2.44. The summed E-state index contributed by atoms with van der Waals surface area (Å²) in [6.07, 6.45) is 1.34. The van der Waals surface area contributed by atoms with Gasteiger partial charge in [0.2, 0.25) is 0 Å². The van der Waals surface area contributed by atoms with Crippen LogP contribution in [0.1, 0.15) is 34.2 Å². The van der Waals surface area contributed by atoms with Crippen LogP contribution in [0.5, 0.6) is 0 Å². The van der Waals surface area contributed by atoms with Gasteiger partial charge >= 0.3 is 5.97 Å². The van der Waals surface area contributed by atoms with E-state index in [1.807, 2.05) is 18.2 Å². The van der Waals surface area contributed by atoms with Gasteiger partial charge in [-0.05, 0) is 42.3 Å². The molecule has 1 aromatic heterocycles. The van der Waals surface area contributed by atoms with E-state index in [1.165, 1.54) is 6.21 Å². The summed E-state index contributed by atoms with van der Waals surface area (Å²) in [7, 11) is 0. The molecule has 0 fully saturated rings. The van der Waals surface area contributed by atoms with E-state index >= 15 is 0 Å². The third-order valence-electron chi connectivity index (χ3n) is 5.35. The summed E-state index contributed by atoms with van der Waals surface area (Å²) in [6, 6.07) is 27.7. The summed E-state index contributed by atoms with van der Waals surface area (Å²) >= 11 is 0. The van der Waals surface area contributed by atoms with Crippen molar-refractivity contribution in [2.45, 2.75) is 12.5 Å². The average molecular weight is 469 g/mol. The summed E-state index contributed by atoms with van der Waals surface area (Å²) in [4.78, 5) is 25.1. The van der Waals surface area contributed by atoms with Crippen molar-refractivity contribution in [1.29, 1.82) is 0 Å². The predicted molar refractivity (Wildman–Crippen MR) is 132 cm³/mol. The van der Waals surface area contributed by atoms with Gasteiger partial charge in [-0.3, -0.25) is 4.79 Å². The van der Waals surface area contributed by atoms with E-state index in [2.05, 4.69) is 10.5 Å². The normalized spacial score (nSPS) is 11.4. The zero-order valence-corrected chi connectivity index (χ0v) is 19.0. The number of ether oxygens (including phenoxy) is 1. The number of carbonyl (C=O) groups excluding carboxylic acids is 2. The van der Waals surface area contributed by atoms with Crippen LogP contribution in [-0.4, -0.2) is 29.8 Å². The third kappa shape index (κ3) is 5.20. The molecule has 2 N–H and O–H groups in total. The van der Waals surface area contributed by atoms with Gasteiger partial charge in [-0.25, -0.2) is 10.2 Å². The Balaban J connectivity index is 1.51. The Kier molecular flexibility index (Phi) is 7.18. The zero-order chi connectivity index (χ0) is 24.7. The highest BCUT2D eigenvalue weighted by atomic mass is 16.5. The fraction of sp³-hybridized carbons (Fsp3) is 0.107. The largest absolute Gasteiger partial charge is 0.462 e. The quantitative estimate of drug-likeness (QED) is 0.225. The molecule has 7 nitrogen and oxygen atoms in total. The fourth-order valence-electron chi connectivity index (χ4n) is 3.61. The van der Waals surface area contributed by atoms with Crippen LogP contribution in [0, 0.1) is 0 Å². The zero-order valence-electron chi connectivity index (χ0n) is 19.0. The molecule has 0 atom stereocenters. The molecule has 0 aliphatic rings. The molecule has 0 saturated carbocycles. The maximum Gasteiger partial charge on any atom is 0.338 e. The molecular formula is C28H24N2O5. The molecule has 0 aliphatic carbocycles. The van der Waals surface area contributed by atoms with Crippen molar-refractivity contribution < 1.29 is 23.8 Å². The van der Waals surface area contributed by atoms with Crippen LogP contribution in [-0.2, 0) is 15.1 Å². The third-order valence-corrected chi connectivity index (χ3v) is 5.35. The van der Waals surface area contributed by atoms with Crippen molar-refractivity contribution in [3.8, 4) is 11.3 Å². The second-order valence-electron chi connectivity index (χ2n) is 7.64. The minimum atomic E-state index is -1.93. The van der Waals surface area contributed by atoms with E-state index in [1.54, 1.807) is 85.8 Å². The van der Waals surface area contributed by atoms with Crippen LogP contribution in [0.4, 0.5) is 0 Å². The van der Waals surface area contributed by atoms with E-state index in [0.29, 0.717) is 40.4 Å². The lowest BCUT2D eigenvalue weighted by Gasteiger charge is -2.26. The lowest BCUT2D eigenvalue weighted by Crippen LogP contribution is -2.43. The molecule has 0 spiro atoms. The highest BCUT2D eigenvalue weighted by molar-refractivity contribution is 5.92. The van der Waals surface area contributed by atoms with Gasteiger partial charge in [0.1, 0.15) is 11.5 Å². The highest BCUT2D eigenvalue weighted by Crippen LogP contribution is 2.30. The van der Waals surface area contributed by atoms with Crippen molar-refractivity contribution in [2.75, 3.05) is 6.61 Å². The molecular weight excluding hydrogens is 444 g/mol. The molecule has 0 unspecified atom stereocenters. The van der Waals surface area contributed by atoms with E-state index in [4.69, 9.17) is 9.15 Å². The summed E-state index contributed by atoms with van der Waals surface area (Å²) in [5, 5.41) is 15.4. The Morgan fingerprint density at radius 3 is 2.23 bits per heavy atom. The van der Waals surface area contributed by atoms with E-state index in [0.717, 1.165) is 0 Å². The van der Waals surface area contributed by atoms with Gasteiger partial charge in [-0.15, -0.1) is 0 Å². The molecule has 0 radical (unpaired) electrons. The topological polar surface area (TPSA) is 101 Å². The van der Waals surface area contributed by atoms with Crippen LogP contribution in [0.25, 0.3) is 11.3 Å². The van der Waals surface area contributed by atoms with Gasteiger partial charge in [0.15, 0.2) is 5.60 Å². The summed E-state index contributed by atoms with van der Waals surface area (Å²) in [6.45, 7) is 2.04. The minimum absolute atomic E-state index is 0.291. The Hall–Kier alpha value is -4.49. The number of aliphatic hydroxyl groups is 1. The molecule has 0 aliphatic heterocycles. The molecule has 1 heterocycles. The number of esters is 1. The van der Waals surface area contributed by atoms with Gasteiger partial charge in [-0.2, -0.15) is 5.10 Å². The van der Waals surface area contributed by atoms with E-state index in [-0.39, 0.29) is 0 Å². The first kappa shape index (κ1) is 23.7. The number of hydrogen-bond acceptors (Lipinski definition) is 6. The van der Waals surface area contributed by atoms with Crippen LogP contribution < -0.4 is 5.43 Å². The lowest BCUT2D eigenvalue weighted by atomic mass is 9.85. The maximum atomic E-state index is 13.1. The number of nitrogens with one attached hydrogen (secondary N) is 1. The number of benzene rings is 3. The van der Waals surface area contributed by atoms with Crippen molar-refractivity contribution in [3.05, 3.63) is 120 Å². The standard InChI is InChI=1S/C28H24N2O5/c1-2-34-26(31)21-11-9-10-20(18-21)25-17-16-24(35-25)19-29-30-27(32)28(33,22-12-5-3-6-13-22)23-14-7-4-8-15-23/h3-19,33H,2H2,1H3,(H,30,32)/b29-19-. The molecule has 7 heteroatoms. The molecule has 4 rings (SSSR count). The number of nitrogens with zero attached hydrogens (tertiary/aromatic N) is 1. The molecule has 35 heavy (non-hydrogen) atoms. The van der Waals surface area contributed by atoms with Crippen molar-refractivity contribution in [2.24, 2.45) is 5.10 Å². The van der Waals surface area contributed by atoms with Crippen LogP contribution in [0.15, 0.2) is 107 Å². The fourth-order valence-corrected chi connectivity index (χ4v) is 3.61. The van der Waals surface area contributed by atoms with Gasteiger partial charge in [0.05, 0.1) is 18.4 Å². The number of rotatable bonds is 8. The Morgan fingerprint density at radius 1 is 0.943 bits per heavy atom. The van der Waals surface area contributed by atoms with Crippen molar-refractivity contribution >= 4 is 18.1 Å². The van der Waals surface area contributed by atoms with Gasteiger partial charge < -0.3 is 14.3 Å². The molecule has 4 aromatic rings. The van der Waals surface area contributed by atoms with Crippen molar-refractivity contribution in [1.82, 2.24) is 5.43 Å². The number of carbonyl (C=O) groups is 2. The average Bonchev–Trinajstić information content (AvgIpc) is 3.38. The molecule has 0 saturated heterocycles. The molecule has 0 bridgehead atoms. The predicted octanol–water partition coefficient (Wildman–Crippen LogP) is 4.51. The number of furan rings is 1. The lowest BCUT2D eigenvalue weighted by molar-refractivity contribution is -0.136. The Morgan fingerprint density at radius 2 is 1.60 bits per heavy atom. The van der Waals surface area contributed by atoms with E-state index < -0.39 is 17.5 Å². The van der Waals surface area contributed by atoms with Crippen LogP contribution >= 0.6 is 0 Å². The summed E-state index contributed by atoms with van der Waals surface area (Å²) in [5.74, 6) is -0.214. The first-order valence-electron chi connectivity index (χ1n) is 11.1. The van der Waals surface area contributed by atoms with Crippen LogP contribution in [0.3, 0.4) is 0 Å². The Bertz CT molecular complexity index is 1290. The second-order valence-corrected chi connectivity index (χ2v) is 7.64. The molecule has 3 aromatic carbocycles. The minimum Gasteiger partial charge on any atom is -0.462 e. The number of hydrazone groups is 1. The molecule has 176 valence electrons. The maximum absolute atomic E-state index is 13.1. The molecule has 1 amide bonds. The highest BCUT2D eigenvalue weighted by Gasteiger charge is 2.39. The summed E-state index contributed by atoms with van der Waals surface area (Å²) < 4.78 is 10.8. The number of amides is 1. The first-order valence-corrected chi connectivity index (χ1v) is 11.1. The van der Waals surface area contributed by atoms with Crippen LogP contribution in [0.2, 0.25) is 0 Å². The van der Waals surface area contributed by atoms with Gasteiger partial charge in [-0.1, -0.05) is 72.8 Å². The van der Waals surface area contributed by atoms with E-state index in [9.17, 15) is 14.7 Å². The monoisotopic (exact) mass is 468 g/mol. The van der Waals surface area contributed by atoms with Crippen molar-refractivity contribution in [3.63, 3.8) is 0 Å². The smallest absolute Gasteiger partial charge is 0.338 e.